The Labute approximate surface area is 131 Å². The molecule has 1 amide bonds. The number of carbonyl (C=O) groups is 1. The fourth-order valence-electron chi connectivity index (χ4n) is 2.33. The molecule has 0 aliphatic rings. The smallest absolute Gasteiger partial charge is 0.295 e. The van der Waals surface area contributed by atoms with Gasteiger partial charge < -0.3 is 0 Å². The molecule has 3 rings (SSSR count). The lowest BCUT2D eigenvalue weighted by molar-refractivity contribution is 0.0955. The largest absolute Gasteiger partial charge is 0.328 e. The number of fused-ring (bicyclic) bond motifs is 1. The number of hydrogen-bond donors (Lipinski definition) is 1. The predicted octanol–water partition coefficient (Wildman–Crippen LogP) is 1.04. The summed E-state index contributed by atoms with van der Waals surface area (Å²) in [5.74, 6) is -0.331. The van der Waals surface area contributed by atoms with Crippen LogP contribution in [0, 0.1) is 0 Å². The number of nitrogens with zero attached hydrogens (tertiary/aromatic N) is 4. The van der Waals surface area contributed by atoms with Gasteiger partial charge in [0, 0.05) is 26.5 Å². The van der Waals surface area contributed by atoms with Crippen LogP contribution >= 0.6 is 0 Å². The number of pyridine rings is 1. The SMILES string of the molecule is Cn1c(=O)n(C)c2cc(/C=N\NC(=O)c3cccnc3)ccc21. The third-order valence-corrected chi connectivity index (χ3v) is 3.60. The van der Waals surface area contributed by atoms with Gasteiger partial charge in [-0.1, -0.05) is 6.07 Å². The number of aryl methyl sites for hydroxylation is 2. The summed E-state index contributed by atoms with van der Waals surface area (Å²) < 4.78 is 3.15. The molecule has 0 bridgehead atoms. The van der Waals surface area contributed by atoms with E-state index in [1.54, 1.807) is 41.6 Å². The molecule has 0 saturated carbocycles. The second-order valence-electron chi connectivity index (χ2n) is 5.09. The molecule has 0 spiro atoms. The maximum Gasteiger partial charge on any atom is 0.328 e. The fraction of sp³-hybridized carbons (Fsp3) is 0.125. The summed E-state index contributed by atoms with van der Waals surface area (Å²) in [6, 6.07) is 8.87. The average Bonchev–Trinajstić information content (AvgIpc) is 2.80. The molecule has 0 aliphatic carbocycles. The predicted molar refractivity (Wildman–Crippen MR) is 87.5 cm³/mol. The molecule has 1 aromatic carbocycles. The van der Waals surface area contributed by atoms with Gasteiger partial charge in [0.2, 0.25) is 0 Å². The molecule has 0 unspecified atom stereocenters. The van der Waals surface area contributed by atoms with Crippen molar-refractivity contribution < 1.29 is 4.79 Å². The van der Waals surface area contributed by atoms with Crippen molar-refractivity contribution in [2.24, 2.45) is 19.2 Å². The van der Waals surface area contributed by atoms with Crippen LogP contribution in [0.15, 0.2) is 52.6 Å². The first-order valence-electron chi connectivity index (χ1n) is 6.97. The summed E-state index contributed by atoms with van der Waals surface area (Å²) in [7, 11) is 3.45. The van der Waals surface area contributed by atoms with E-state index in [9.17, 15) is 9.59 Å². The Bertz CT molecular complexity index is 954. The monoisotopic (exact) mass is 309 g/mol. The van der Waals surface area contributed by atoms with Crippen LogP contribution in [0.5, 0.6) is 0 Å². The molecule has 7 nitrogen and oxygen atoms in total. The van der Waals surface area contributed by atoms with E-state index in [0.29, 0.717) is 5.56 Å². The zero-order valence-corrected chi connectivity index (χ0v) is 12.7. The van der Waals surface area contributed by atoms with Crippen LogP contribution in [0.2, 0.25) is 0 Å². The Balaban J connectivity index is 1.80. The molecule has 1 N–H and O–H groups in total. The molecule has 0 fully saturated rings. The summed E-state index contributed by atoms with van der Waals surface area (Å²) >= 11 is 0. The lowest BCUT2D eigenvalue weighted by Crippen LogP contribution is -2.19. The van der Waals surface area contributed by atoms with Gasteiger partial charge in [-0.2, -0.15) is 5.10 Å². The summed E-state index contributed by atoms with van der Waals surface area (Å²) in [5, 5.41) is 3.94. The van der Waals surface area contributed by atoms with Crippen molar-refractivity contribution in [3.63, 3.8) is 0 Å². The van der Waals surface area contributed by atoms with Crippen molar-refractivity contribution in [2.75, 3.05) is 0 Å². The number of amides is 1. The van der Waals surface area contributed by atoms with Gasteiger partial charge in [-0.05, 0) is 29.8 Å². The molecule has 7 heteroatoms. The minimum atomic E-state index is -0.331. The van der Waals surface area contributed by atoms with Gasteiger partial charge in [-0.3, -0.25) is 18.9 Å². The number of hydrazone groups is 1. The summed E-state index contributed by atoms with van der Waals surface area (Å²) in [6.45, 7) is 0. The summed E-state index contributed by atoms with van der Waals surface area (Å²) in [4.78, 5) is 27.6. The number of imidazole rings is 1. The molecule has 2 aromatic heterocycles. The molecular formula is C16H15N5O2. The second-order valence-corrected chi connectivity index (χ2v) is 5.09. The maximum absolute atomic E-state index is 11.9. The third-order valence-electron chi connectivity index (χ3n) is 3.60. The fourth-order valence-corrected chi connectivity index (χ4v) is 2.33. The van der Waals surface area contributed by atoms with Gasteiger partial charge in [0.15, 0.2) is 0 Å². The van der Waals surface area contributed by atoms with E-state index < -0.39 is 0 Å². The molecule has 0 aliphatic heterocycles. The summed E-state index contributed by atoms with van der Waals surface area (Å²) in [5.41, 5.74) is 5.22. The number of hydrogen-bond acceptors (Lipinski definition) is 4. The van der Waals surface area contributed by atoms with Crippen LogP contribution in [0.1, 0.15) is 15.9 Å². The number of aromatic nitrogens is 3. The zero-order valence-electron chi connectivity index (χ0n) is 12.7. The number of carbonyl (C=O) groups excluding carboxylic acids is 1. The lowest BCUT2D eigenvalue weighted by atomic mass is 10.2. The number of benzene rings is 1. The van der Waals surface area contributed by atoms with E-state index in [1.807, 2.05) is 18.2 Å². The van der Waals surface area contributed by atoms with Gasteiger partial charge in [-0.25, -0.2) is 10.2 Å². The standard InChI is InChI=1S/C16H15N5O2/c1-20-13-6-5-11(8-14(13)21(2)16(20)23)9-18-19-15(22)12-4-3-7-17-10-12/h3-10H,1-2H3,(H,19,22)/b18-9-. The van der Waals surface area contributed by atoms with Crippen molar-refractivity contribution >= 4 is 23.2 Å². The number of nitrogens with one attached hydrogen (secondary N) is 1. The van der Waals surface area contributed by atoms with E-state index in [-0.39, 0.29) is 11.6 Å². The van der Waals surface area contributed by atoms with Crippen LogP contribution in [0.25, 0.3) is 11.0 Å². The van der Waals surface area contributed by atoms with Gasteiger partial charge in [-0.15, -0.1) is 0 Å². The van der Waals surface area contributed by atoms with Crippen LogP contribution in [-0.4, -0.2) is 26.2 Å². The topological polar surface area (TPSA) is 81.3 Å². The van der Waals surface area contributed by atoms with Crippen molar-refractivity contribution in [2.45, 2.75) is 0 Å². The van der Waals surface area contributed by atoms with Crippen LogP contribution < -0.4 is 11.1 Å². The zero-order chi connectivity index (χ0) is 16.4. The van der Waals surface area contributed by atoms with Gasteiger partial charge in [0.25, 0.3) is 5.91 Å². The van der Waals surface area contributed by atoms with E-state index in [1.165, 1.54) is 12.4 Å². The average molecular weight is 309 g/mol. The third kappa shape index (κ3) is 2.76. The molecule has 0 saturated heterocycles. The summed E-state index contributed by atoms with van der Waals surface area (Å²) in [6.07, 6.45) is 4.60. The van der Waals surface area contributed by atoms with Gasteiger partial charge >= 0.3 is 5.69 Å². The van der Waals surface area contributed by atoms with E-state index in [0.717, 1.165) is 16.6 Å². The van der Waals surface area contributed by atoms with E-state index >= 15 is 0 Å². The Hall–Kier alpha value is -3.22. The second kappa shape index (κ2) is 5.88. The molecule has 0 atom stereocenters. The van der Waals surface area contributed by atoms with Crippen molar-refractivity contribution in [3.8, 4) is 0 Å². The van der Waals surface area contributed by atoms with Crippen molar-refractivity contribution in [1.82, 2.24) is 19.5 Å². The van der Waals surface area contributed by atoms with Crippen molar-refractivity contribution in [3.05, 3.63) is 64.3 Å². The highest BCUT2D eigenvalue weighted by Crippen LogP contribution is 2.12. The van der Waals surface area contributed by atoms with Crippen LogP contribution in [-0.2, 0) is 14.1 Å². The van der Waals surface area contributed by atoms with E-state index in [2.05, 4.69) is 15.5 Å². The van der Waals surface area contributed by atoms with Crippen LogP contribution in [0.3, 0.4) is 0 Å². The molecule has 2 heterocycles. The minimum Gasteiger partial charge on any atom is -0.295 e. The molecule has 3 aromatic rings. The normalized spacial score (nSPS) is 11.2. The maximum atomic E-state index is 11.9. The minimum absolute atomic E-state index is 0.0843. The first-order valence-corrected chi connectivity index (χ1v) is 6.97. The highest BCUT2D eigenvalue weighted by atomic mass is 16.2. The molecule has 0 radical (unpaired) electrons. The Morgan fingerprint density at radius 1 is 1.22 bits per heavy atom. The molecule has 23 heavy (non-hydrogen) atoms. The Kier molecular flexibility index (Phi) is 3.76. The van der Waals surface area contributed by atoms with Gasteiger partial charge in [0.1, 0.15) is 0 Å². The number of rotatable bonds is 3. The highest BCUT2D eigenvalue weighted by Gasteiger charge is 2.07. The van der Waals surface area contributed by atoms with Gasteiger partial charge in [0.05, 0.1) is 22.8 Å². The molecule has 116 valence electrons. The highest BCUT2D eigenvalue weighted by molar-refractivity contribution is 5.95. The first kappa shape index (κ1) is 14.7. The van der Waals surface area contributed by atoms with Crippen molar-refractivity contribution in [1.29, 1.82) is 0 Å². The van der Waals surface area contributed by atoms with Crippen LogP contribution in [0.4, 0.5) is 0 Å². The Morgan fingerprint density at radius 3 is 2.74 bits per heavy atom. The lowest BCUT2D eigenvalue weighted by Gasteiger charge is -1.99. The van der Waals surface area contributed by atoms with E-state index in [4.69, 9.17) is 0 Å². The first-order chi connectivity index (χ1) is 11.1. The molecular weight excluding hydrogens is 294 g/mol. The Morgan fingerprint density at radius 2 is 2.00 bits per heavy atom. The quantitative estimate of drug-likeness (QED) is 0.579.